The molecule has 0 saturated heterocycles. The summed E-state index contributed by atoms with van der Waals surface area (Å²) >= 11 is 9.49. The van der Waals surface area contributed by atoms with Gasteiger partial charge in [-0.2, -0.15) is 5.10 Å². The minimum absolute atomic E-state index is 0.308. The fourth-order valence-corrected chi connectivity index (χ4v) is 2.68. The number of hydrogen-bond acceptors (Lipinski definition) is 4. The molecule has 0 bridgehead atoms. The zero-order valence-corrected chi connectivity index (χ0v) is 15.5. The van der Waals surface area contributed by atoms with E-state index in [0.29, 0.717) is 34.3 Å². The maximum absolute atomic E-state index is 12.0. The van der Waals surface area contributed by atoms with E-state index in [1.54, 1.807) is 30.3 Å². The van der Waals surface area contributed by atoms with E-state index in [4.69, 9.17) is 21.1 Å². The molecule has 0 aliphatic carbocycles. The van der Waals surface area contributed by atoms with Gasteiger partial charge in [0.25, 0.3) is 5.91 Å². The highest BCUT2D eigenvalue weighted by molar-refractivity contribution is 9.10. The normalized spacial score (nSPS) is 10.7. The van der Waals surface area contributed by atoms with E-state index in [-0.39, 0.29) is 5.91 Å². The van der Waals surface area contributed by atoms with Crippen LogP contribution in [0.25, 0.3) is 0 Å². The van der Waals surface area contributed by atoms with E-state index < -0.39 is 0 Å². The molecule has 2 aromatic carbocycles. The van der Waals surface area contributed by atoms with Crippen molar-refractivity contribution in [3.8, 4) is 11.5 Å². The minimum atomic E-state index is -0.308. The van der Waals surface area contributed by atoms with Crippen molar-refractivity contribution >= 4 is 39.7 Å². The smallest absolute Gasteiger partial charge is 0.271 e. The lowest BCUT2D eigenvalue weighted by atomic mass is 10.2. The number of hydrazone groups is 1. The first kappa shape index (κ1) is 18.3. The van der Waals surface area contributed by atoms with Crippen molar-refractivity contribution in [3.63, 3.8) is 0 Å². The van der Waals surface area contributed by atoms with Crippen molar-refractivity contribution < 1.29 is 14.3 Å². The van der Waals surface area contributed by atoms with Gasteiger partial charge in [0.1, 0.15) is 0 Å². The molecule has 0 heterocycles. The monoisotopic (exact) mass is 410 g/mol. The number of amides is 1. The van der Waals surface area contributed by atoms with Crippen LogP contribution in [0.1, 0.15) is 22.8 Å². The van der Waals surface area contributed by atoms with Gasteiger partial charge in [0, 0.05) is 10.0 Å². The molecule has 5 nitrogen and oxygen atoms in total. The van der Waals surface area contributed by atoms with Crippen molar-refractivity contribution in [1.29, 1.82) is 0 Å². The van der Waals surface area contributed by atoms with E-state index in [9.17, 15) is 4.79 Å². The van der Waals surface area contributed by atoms with Crippen LogP contribution < -0.4 is 14.9 Å². The highest BCUT2D eigenvalue weighted by Crippen LogP contribution is 2.35. The van der Waals surface area contributed by atoms with Crippen molar-refractivity contribution in [3.05, 3.63) is 57.0 Å². The molecule has 24 heavy (non-hydrogen) atoms. The number of methoxy groups -OCH3 is 1. The molecule has 0 aliphatic heterocycles. The second-order valence-corrected chi connectivity index (χ2v) is 6.00. The molecule has 2 rings (SSSR count). The summed E-state index contributed by atoms with van der Waals surface area (Å²) < 4.78 is 11.5. The highest BCUT2D eigenvalue weighted by Gasteiger charge is 2.11. The molecule has 0 radical (unpaired) electrons. The van der Waals surface area contributed by atoms with Crippen molar-refractivity contribution in [2.24, 2.45) is 5.10 Å². The van der Waals surface area contributed by atoms with Crippen molar-refractivity contribution in [2.45, 2.75) is 6.92 Å². The summed E-state index contributed by atoms with van der Waals surface area (Å²) in [6, 6.07) is 10.4. The summed E-state index contributed by atoms with van der Waals surface area (Å²) in [7, 11) is 1.52. The largest absolute Gasteiger partial charge is 0.491 e. The van der Waals surface area contributed by atoms with Crippen molar-refractivity contribution in [2.75, 3.05) is 13.7 Å². The summed E-state index contributed by atoms with van der Waals surface area (Å²) in [5.74, 6) is 0.679. The molecular weight excluding hydrogens is 396 g/mol. The van der Waals surface area contributed by atoms with Gasteiger partial charge < -0.3 is 9.47 Å². The van der Waals surface area contributed by atoms with Crippen LogP contribution in [0.5, 0.6) is 11.5 Å². The molecule has 1 amide bonds. The summed E-state index contributed by atoms with van der Waals surface area (Å²) in [5.41, 5.74) is 3.65. The Bertz CT molecular complexity index is 765. The molecule has 0 unspecified atom stereocenters. The van der Waals surface area contributed by atoms with Crippen LogP contribution in [0, 0.1) is 0 Å². The lowest BCUT2D eigenvalue weighted by molar-refractivity contribution is 0.0955. The second-order valence-electron chi connectivity index (χ2n) is 4.68. The van der Waals surface area contributed by atoms with E-state index in [1.165, 1.54) is 13.3 Å². The Morgan fingerprint density at radius 2 is 2.17 bits per heavy atom. The Morgan fingerprint density at radius 1 is 1.38 bits per heavy atom. The average Bonchev–Trinajstić information content (AvgIpc) is 2.55. The number of hydrogen-bond donors (Lipinski definition) is 1. The predicted octanol–water partition coefficient (Wildman–Crippen LogP) is 4.27. The molecule has 0 fully saturated rings. The lowest BCUT2D eigenvalue weighted by Gasteiger charge is -2.11. The van der Waals surface area contributed by atoms with E-state index >= 15 is 0 Å². The standard InChI is InChI=1S/C17H16BrClN2O3/c1-3-24-15-8-11(7-14(19)16(15)23-2)10-20-21-17(22)12-5-4-6-13(18)9-12/h4-10H,3H2,1-2H3,(H,21,22)/b20-10-. The average molecular weight is 412 g/mol. The van der Waals surface area contributed by atoms with Crippen LogP contribution >= 0.6 is 27.5 Å². The first-order valence-corrected chi connectivity index (χ1v) is 8.31. The van der Waals surface area contributed by atoms with Gasteiger partial charge in [0.15, 0.2) is 11.5 Å². The molecule has 0 aliphatic rings. The lowest BCUT2D eigenvalue weighted by Crippen LogP contribution is -2.17. The third-order valence-corrected chi connectivity index (χ3v) is 3.78. The Balaban J connectivity index is 2.12. The van der Waals surface area contributed by atoms with E-state index in [2.05, 4.69) is 26.5 Å². The second kappa shape index (κ2) is 8.70. The van der Waals surface area contributed by atoms with Crippen LogP contribution in [0.2, 0.25) is 5.02 Å². The number of nitrogens with one attached hydrogen (secondary N) is 1. The Hall–Kier alpha value is -2.05. The number of ether oxygens (including phenoxy) is 2. The zero-order chi connectivity index (χ0) is 17.5. The Morgan fingerprint density at radius 3 is 2.83 bits per heavy atom. The topological polar surface area (TPSA) is 59.9 Å². The van der Waals surface area contributed by atoms with Crippen LogP contribution in [-0.4, -0.2) is 25.8 Å². The van der Waals surface area contributed by atoms with Gasteiger partial charge in [-0.25, -0.2) is 5.43 Å². The fraction of sp³-hybridized carbons (Fsp3) is 0.176. The molecule has 7 heteroatoms. The first-order chi connectivity index (χ1) is 11.5. The third-order valence-electron chi connectivity index (χ3n) is 3.00. The maximum Gasteiger partial charge on any atom is 0.271 e. The summed E-state index contributed by atoms with van der Waals surface area (Å²) in [6.07, 6.45) is 1.49. The van der Waals surface area contributed by atoms with Gasteiger partial charge in [-0.15, -0.1) is 0 Å². The summed E-state index contributed by atoms with van der Waals surface area (Å²) in [5, 5.41) is 4.36. The van der Waals surface area contributed by atoms with Crippen molar-refractivity contribution in [1.82, 2.24) is 5.43 Å². The molecule has 0 saturated carbocycles. The van der Waals surface area contributed by atoms with E-state index in [0.717, 1.165) is 4.47 Å². The predicted molar refractivity (Wildman–Crippen MR) is 98.4 cm³/mol. The Kier molecular flexibility index (Phi) is 6.63. The quantitative estimate of drug-likeness (QED) is 0.570. The number of nitrogens with zero attached hydrogens (tertiary/aromatic N) is 1. The number of carbonyl (C=O) groups excluding carboxylic acids is 1. The number of carbonyl (C=O) groups is 1. The first-order valence-electron chi connectivity index (χ1n) is 7.14. The highest BCUT2D eigenvalue weighted by atomic mass is 79.9. The Labute approximate surface area is 153 Å². The fourth-order valence-electron chi connectivity index (χ4n) is 1.98. The van der Waals surface area contributed by atoms with Crippen LogP contribution in [0.4, 0.5) is 0 Å². The SMILES string of the molecule is CCOc1cc(/C=N\NC(=O)c2cccc(Br)c2)cc(Cl)c1OC. The number of halogens is 2. The van der Waals surface area contributed by atoms with Gasteiger partial charge in [-0.3, -0.25) is 4.79 Å². The summed E-state index contributed by atoms with van der Waals surface area (Å²) in [6.45, 7) is 2.35. The van der Waals surface area contributed by atoms with Gasteiger partial charge in [-0.1, -0.05) is 33.6 Å². The van der Waals surface area contributed by atoms with Crippen LogP contribution in [-0.2, 0) is 0 Å². The van der Waals surface area contributed by atoms with Gasteiger partial charge in [-0.05, 0) is 42.8 Å². The molecule has 2 aromatic rings. The molecule has 1 N–H and O–H groups in total. The molecule has 0 spiro atoms. The molecule has 126 valence electrons. The third kappa shape index (κ3) is 4.72. The van der Waals surface area contributed by atoms with Crippen LogP contribution in [0.15, 0.2) is 46.0 Å². The molecule has 0 aromatic heterocycles. The summed E-state index contributed by atoms with van der Waals surface area (Å²) in [4.78, 5) is 12.0. The number of benzene rings is 2. The zero-order valence-electron chi connectivity index (χ0n) is 13.2. The minimum Gasteiger partial charge on any atom is -0.491 e. The van der Waals surface area contributed by atoms with Gasteiger partial charge in [0.2, 0.25) is 0 Å². The van der Waals surface area contributed by atoms with Gasteiger partial charge >= 0.3 is 0 Å². The molecular formula is C17H16BrClN2O3. The van der Waals surface area contributed by atoms with Crippen LogP contribution in [0.3, 0.4) is 0 Å². The number of rotatable bonds is 6. The van der Waals surface area contributed by atoms with Gasteiger partial charge in [0.05, 0.1) is 25.0 Å². The molecule has 0 atom stereocenters. The maximum atomic E-state index is 12.0. The van der Waals surface area contributed by atoms with E-state index in [1.807, 2.05) is 13.0 Å².